The number of amides is 1. The number of carbonyl (C=O) groups excluding carboxylic acids is 1. The molecule has 4 nitrogen and oxygen atoms in total. The third kappa shape index (κ3) is 2.89. The Balaban J connectivity index is 2.26. The zero-order valence-corrected chi connectivity index (χ0v) is 10.4. The molecular formula is C14H14FN3O. The van der Waals surface area contributed by atoms with Gasteiger partial charge >= 0.3 is 0 Å². The quantitative estimate of drug-likeness (QED) is 0.586. The molecule has 0 spiro atoms. The summed E-state index contributed by atoms with van der Waals surface area (Å²) in [7, 11) is 0. The number of anilines is 2. The first kappa shape index (κ1) is 13.0. The second-order valence-electron chi connectivity index (χ2n) is 4.10. The van der Waals surface area contributed by atoms with Crippen LogP contribution in [0.25, 0.3) is 0 Å². The standard InChI is InChI=1S/C14H14FN3O/c1-9-8-10(15)6-7-12(9)17-14(19)11-4-2-3-5-13(11)18-16/h2-8,18H,16H2,1H3,(H,17,19). The molecule has 0 aromatic heterocycles. The Kier molecular flexibility index (Phi) is 3.77. The molecule has 4 N–H and O–H groups in total. The van der Waals surface area contributed by atoms with Gasteiger partial charge in [0.15, 0.2) is 0 Å². The normalized spacial score (nSPS) is 10.1. The fraction of sp³-hybridized carbons (Fsp3) is 0.0714. The van der Waals surface area contributed by atoms with Crippen molar-refractivity contribution in [1.29, 1.82) is 0 Å². The largest absolute Gasteiger partial charge is 0.323 e. The van der Waals surface area contributed by atoms with Crippen LogP contribution in [-0.4, -0.2) is 5.91 Å². The lowest BCUT2D eigenvalue weighted by atomic mass is 10.1. The molecule has 1 amide bonds. The Morgan fingerprint density at radius 3 is 2.58 bits per heavy atom. The molecule has 0 saturated carbocycles. The summed E-state index contributed by atoms with van der Waals surface area (Å²) >= 11 is 0. The van der Waals surface area contributed by atoms with Gasteiger partial charge in [0.25, 0.3) is 5.91 Å². The number of hydrazine groups is 1. The van der Waals surface area contributed by atoms with Crippen LogP contribution in [-0.2, 0) is 0 Å². The van der Waals surface area contributed by atoms with Gasteiger partial charge in [-0.1, -0.05) is 12.1 Å². The summed E-state index contributed by atoms with van der Waals surface area (Å²) in [5.74, 6) is 4.72. The molecular weight excluding hydrogens is 245 g/mol. The van der Waals surface area contributed by atoms with E-state index in [2.05, 4.69) is 10.7 Å². The minimum atomic E-state index is -0.334. The summed E-state index contributed by atoms with van der Waals surface area (Å²) < 4.78 is 13.0. The van der Waals surface area contributed by atoms with Crippen molar-refractivity contribution >= 4 is 17.3 Å². The third-order valence-corrected chi connectivity index (χ3v) is 2.76. The second kappa shape index (κ2) is 5.49. The lowest BCUT2D eigenvalue weighted by Crippen LogP contribution is -2.17. The number of rotatable bonds is 3. The van der Waals surface area contributed by atoms with Crippen molar-refractivity contribution in [3.05, 3.63) is 59.4 Å². The first-order valence-corrected chi connectivity index (χ1v) is 5.75. The number of para-hydroxylation sites is 1. The zero-order valence-electron chi connectivity index (χ0n) is 10.4. The monoisotopic (exact) mass is 259 g/mol. The number of carbonyl (C=O) groups is 1. The average Bonchev–Trinajstić information content (AvgIpc) is 2.41. The lowest BCUT2D eigenvalue weighted by Gasteiger charge is -2.11. The third-order valence-electron chi connectivity index (χ3n) is 2.76. The van der Waals surface area contributed by atoms with E-state index in [4.69, 9.17) is 5.84 Å². The maximum absolute atomic E-state index is 13.0. The Bertz CT molecular complexity index is 613. The van der Waals surface area contributed by atoms with Crippen LogP contribution in [0.2, 0.25) is 0 Å². The number of nitrogen functional groups attached to an aromatic ring is 1. The number of hydrogen-bond acceptors (Lipinski definition) is 3. The minimum Gasteiger partial charge on any atom is -0.323 e. The maximum atomic E-state index is 13.0. The molecule has 0 aliphatic rings. The van der Waals surface area contributed by atoms with Crippen molar-refractivity contribution in [3.8, 4) is 0 Å². The molecule has 2 aromatic rings. The molecule has 98 valence electrons. The van der Waals surface area contributed by atoms with E-state index in [1.165, 1.54) is 18.2 Å². The predicted octanol–water partition coefficient (Wildman–Crippen LogP) is 2.67. The number of hydrogen-bond donors (Lipinski definition) is 3. The van der Waals surface area contributed by atoms with E-state index in [0.717, 1.165) is 0 Å². The van der Waals surface area contributed by atoms with E-state index in [1.807, 2.05) is 0 Å². The van der Waals surface area contributed by atoms with Gasteiger partial charge in [-0.25, -0.2) is 4.39 Å². The van der Waals surface area contributed by atoms with Crippen molar-refractivity contribution in [2.24, 2.45) is 5.84 Å². The molecule has 5 heteroatoms. The van der Waals surface area contributed by atoms with Crippen molar-refractivity contribution < 1.29 is 9.18 Å². The van der Waals surface area contributed by atoms with E-state index < -0.39 is 0 Å². The van der Waals surface area contributed by atoms with Crippen molar-refractivity contribution in [2.75, 3.05) is 10.7 Å². The fourth-order valence-electron chi connectivity index (χ4n) is 1.76. The minimum absolute atomic E-state index is 0.303. The van der Waals surface area contributed by atoms with Crippen LogP contribution < -0.4 is 16.6 Å². The molecule has 0 unspecified atom stereocenters. The molecule has 0 aliphatic carbocycles. The maximum Gasteiger partial charge on any atom is 0.257 e. The van der Waals surface area contributed by atoms with Gasteiger partial charge in [0, 0.05) is 5.69 Å². The van der Waals surface area contributed by atoms with Crippen molar-refractivity contribution in [3.63, 3.8) is 0 Å². The molecule has 0 atom stereocenters. The number of benzene rings is 2. The number of nitrogens with two attached hydrogens (primary N) is 1. The second-order valence-corrected chi connectivity index (χ2v) is 4.10. The molecule has 0 fully saturated rings. The topological polar surface area (TPSA) is 67.2 Å². The van der Waals surface area contributed by atoms with Gasteiger partial charge < -0.3 is 10.7 Å². The summed E-state index contributed by atoms with van der Waals surface area (Å²) in [4.78, 5) is 12.1. The fourth-order valence-corrected chi connectivity index (χ4v) is 1.76. The molecule has 0 saturated heterocycles. The van der Waals surface area contributed by atoms with Crippen LogP contribution in [0.1, 0.15) is 15.9 Å². The predicted molar refractivity (Wildman–Crippen MR) is 73.3 cm³/mol. The highest BCUT2D eigenvalue weighted by Crippen LogP contribution is 2.19. The highest BCUT2D eigenvalue weighted by molar-refractivity contribution is 6.08. The zero-order chi connectivity index (χ0) is 13.8. The smallest absolute Gasteiger partial charge is 0.257 e. The summed E-state index contributed by atoms with van der Waals surface area (Å²) in [6, 6.07) is 11.1. The first-order valence-electron chi connectivity index (χ1n) is 5.75. The van der Waals surface area contributed by atoms with Gasteiger partial charge in [0.1, 0.15) is 5.82 Å². The van der Waals surface area contributed by atoms with E-state index in [1.54, 1.807) is 31.2 Å². The molecule has 2 rings (SSSR count). The Morgan fingerprint density at radius 2 is 1.89 bits per heavy atom. The Labute approximate surface area is 110 Å². The molecule has 19 heavy (non-hydrogen) atoms. The van der Waals surface area contributed by atoms with Crippen LogP contribution in [0.15, 0.2) is 42.5 Å². The summed E-state index contributed by atoms with van der Waals surface area (Å²) in [6.45, 7) is 1.73. The van der Waals surface area contributed by atoms with Gasteiger partial charge in [-0.2, -0.15) is 0 Å². The molecule has 0 heterocycles. The average molecular weight is 259 g/mol. The van der Waals surface area contributed by atoms with Crippen LogP contribution in [0, 0.1) is 12.7 Å². The molecule has 0 aliphatic heterocycles. The highest BCUT2D eigenvalue weighted by atomic mass is 19.1. The summed E-state index contributed by atoms with van der Waals surface area (Å²) in [5, 5.41) is 2.73. The van der Waals surface area contributed by atoms with Gasteiger partial charge in [0.2, 0.25) is 0 Å². The van der Waals surface area contributed by atoms with E-state index >= 15 is 0 Å². The van der Waals surface area contributed by atoms with E-state index in [9.17, 15) is 9.18 Å². The van der Waals surface area contributed by atoms with Gasteiger partial charge in [-0.3, -0.25) is 10.6 Å². The Hall–Kier alpha value is -2.40. The van der Waals surface area contributed by atoms with Crippen LogP contribution >= 0.6 is 0 Å². The van der Waals surface area contributed by atoms with Crippen LogP contribution in [0.4, 0.5) is 15.8 Å². The SMILES string of the molecule is Cc1cc(F)ccc1NC(=O)c1ccccc1NN. The van der Waals surface area contributed by atoms with Crippen LogP contribution in [0.5, 0.6) is 0 Å². The van der Waals surface area contributed by atoms with E-state index in [-0.39, 0.29) is 11.7 Å². The highest BCUT2D eigenvalue weighted by Gasteiger charge is 2.11. The summed E-state index contributed by atoms with van der Waals surface area (Å²) in [6.07, 6.45) is 0. The summed E-state index contributed by atoms with van der Waals surface area (Å²) in [5.41, 5.74) is 4.64. The van der Waals surface area contributed by atoms with E-state index in [0.29, 0.717) is 22.5 Å². The number of nitrogens with one attached hydrogen (secondary N) is 2. The number of aryl methyl sites for hydroxylation is 1. The molecule has 0 bridgehead atoms. The first-order chi connectivity index (χ1) is 9.11. The van der Waals surface area contributed by atoms with Crippen molar-refractivity contribution in [1.82, 2.24) is 0 Å². The van der Waals surface area contributed by atoms with Crippen LogP contribution in [0.3, 0.4) is 0 Å². The molecule has 2 aromatic carbocycles. The lowest BCUT2D eigenvalue weighted by molar-refractivity contribution is 0.102. The Morgan fingerprint density at radius 1 is 1.16 bits per heavy atom. The van der Waals surface area contributed by atoms with Crippen molar-refractivity contribution in [2.45, 2.75) is 6.92 Å². The molecule has 0 radical (unpaired) electrons. The van der Waals surface area contributed by atoms with Gasteiger partial charge in [-0.15, -0.1) is 0 Å². The number of halogens is 1. The van der Waals surface area contributed by atoms with Gasteiger partial charge in [0.05, 0.1) is 11.3 Å². The van der Waals surface area contributed by atoms with Gasteiger partial charge in [-0.05, 0) is 42.8 Å².